The maximum absolute atomic E-state index is 12.1. The molecule has 2 aromatic rings. The Balaban J connectivity index is 1.48. The van der Waals surface area contributed by atoms with Gasteiger partial charge in [-0.15, -0.1) is 0 Å². The van der Waals surface area contributed by atoms with Crippen LogP contribution in [-0.2, 0) is 4.79 Å². The molecule has 7 nitrogen and oxygen atoms in total. The molecule has 1 amide bonds. The molecule has 2 aromatic heterocycles. The summed E-state index contributed by atoms with van der Waals surface area (Å²) in [5.74, 6) is 1.41. The number of anilines is 1. The predicted octanol–water partition coefficient (Wildman–Crippen LogP) is 2.51. The van der Waals surface area contributed by atoms with Gasteiger partial charge >= 0.3 is 0 Å². The third kappa shape index (κ3) is 2.88. The predicted molar refractivity (Wildman–Crippen MR) is 109 cm³/mol. The molecule has 148 valence electrons. The van der Waals surface area contributed by atoms with Crippen molar-refractivity contribution in [1.82, 2.24) is 19.9 Å². The number of aromatic nitrogens is 3. The highest BCUT2D eigenvalue weighted by Gasteiger charge is 2.47. The van der Waals surface area contributed by atoms with E-state index < -0.39 is 0 Å². The summed E-state index contributed by atoms with van der Waals surface area (Å²) in [6.07, 6.45) is 9.05. The number of piperidine rings is 1. The van der Waals surface area contributed by atoms with Gasteiger partial charge in [-0.2, -0.15) is 0 Å². The summed E-state index contributed by atoms with van der Waals surface area (Å²) in [5.41, 5.74) is 7.96. The van der Waals surface area contributed by atoms with Crippen LogP contribution in [-0.4, -0.2) is 51.9 Å². The van der Waals surface area contributed by atoms with Crippen molar-refractivity contribution in [2.75, 3.05) is 25.5 Å². The molecule has 0 spiro atoms. The van der Waals surface area contributed by atoms with Crippen LogP contribution in [0.2, 0.25) is 5.02 Å². The lowest BCUT2D eigenvalue weighted by molar-refractivity contribution is -0.122. The number of carbonyl (C=O) groups excluding carboxylic acids is 1. The first-order valence-corrected chi connectivity index (χ1v) is 10.4. The van der Waals surface area contributed by atoms with Crippen LogP contribution in [0, 0.1) is 17.8 Å². The van der Waals surface area contributed by atoms with E-state index in [0.717, 1.165) is 49.4 Å². The molecule has 3 aliphatic rings. The van der Waals surface area contributed by atoms with Crippen LogP contribution < -0.4 is 11.1 Å². The summed E-state index contributed by atoms with van der Waals surface area (Å²) in [6, 6.07) is -0.0503. The van der Waals surface area contributed by atoms with Crippen molar-refractivity contribution in [3.8, 4) is 0 Å². The first kappa shape index (κ1) is 17.9. The van der Waals surface area contributed by atoms with E-state index >= 15 is 0 Å². The quantitative estimate of drug-likeness (QED) is 0.685. The number of amides is 1. The highest BCUT2D eigenvalue weighted by molar-refractivity contribution is 6.34. The molecule has 1 aliphatic heterocycles. The molecule has 2 bridgehead atoms. The van der Waals surface area contributed by atoms with Crippen molar-refractivity contribution in [2.24, 2.45) is 23.5 Å². The molecule has 3 heterocycles. The standard InChI is InChI=1S/C20H25ClN6O/c1-27-6-4-10(5-7-27)19-25-17-16(13(21)9-23-20(17)26-19)24-15-12-3-2-11(8-12)14(15)18(22)28/h2-3,9-12,14-15H,4-8H2,1H3,(H2,22,28)(H2,23,24,25,26). The molecule has 0 aromatic carbocycles. The van der Waals surface area contributed by atoms with E-state index in [1.165, 1.54) is 0 Å². The van der Waals surface area contributed by atoms with Crippen molar-refractivity contribution in [2.45, 2.75) is 31.2 Å². The summed E-state index contributed by atoms with van der Waals surface area (Å²) in [4.78, 5) is 27.0. The Morgan fingerprint density at radius 1 is 1.32 bits per heavy atom. The number of likely N-dealkylation sites (tertiary alicyclic amines) is 1. The fourth-order valence-electron chi connectivity index (χ4n) is 5.14. The number of nitrogens with two attached hydrogens (primary N) is 1. The summed E-state index contributed by atoms with van der Waals surface area (Å²) in [5, 5.41) is 4.06. The molecule has 4 unspecified atom stereocenters. The Bertz CT molecular complexity index is 948. The zero-order valence-electron chi connectivity index (χ0n) is 15.9. The van der Waals surface area contributed by atoms with E-state index in [1.54, 1.807) is 6.20 Å². The van der Waals surface area contributed by atoms with Gasteiger partial charge in [-0.1, -0.05) is 23.8 Å². The lowest BCUT2D eigenvalue weighted by Gasteiger charge is -2.28. The van der Waals surface area contributed by atoms with Gasteiger partial charge in [-0.05, 0) is 51.2 Å². The number of fused-ring (bicyclic) bond motifs is 3. The highest BCUT2D eigenvalue weighted by atomic mass is 35.5. The maximum atomic E-state index is 12.1. The van der Waals surface area contributed by atoms with Crippen LogP contribution in [0.4, 0.5) is 5.69 Å². The van der Waals surface area contributed by atoms with Gasteiger partial charge in [-0.3, -0.25) is 4.79 Å². The summed E-state index contributed by atoms with van der Waals surface area (Å²) >= 11 is 6.51. The molecule has 5 rings (SSSR count). The molecule has 2 aliphatic carbocycles. The van der Waals surface area contributed by atoms with Crippen molar-refractivity contribution < 1.29 is 4.79 Å². The van der Waals surface area contributed by atoms with Crippen LogP contribution in [0.3, 0.4) is 0 Å². The summed E-state index contributed by atoms with van der Waals surface area (Å²) < 4.78 is 0. The average Bonchev–Trinajstić information content (AvgIpc) is 3.38. The van der Waals surface area contributed by atoms with Gasteiger partial charge < -0.3 is 20.9 Å². The molecule has 28 heavy (non-hydrogen) atoms. The van der Waals surface area contributed by atoms with Crippen LogP contribution in [0.5, 0.6) is 0 Å². The number of rotatable bonds is 4. The van der Waals surface area contributed by atoms with Crippen LogP contribution in [0.1, 0.15) is 31.0 Å². The number of allylic oxidation sites excluding steroid dienone is 1. The second-order valence-corrected chi connectivity index (χ2v) is 8.83. The van der Waals surface area contributed by atoms with Crippen molar-refractivity contribution in [1.29, 1.82) is 0 Å². The zero-order chi connectivity index (χ0) is 19.4. The van der Waals surface area contributed by atoms with E-state index in [2.05, 4.69) is 39.4 Å². The lowest BCUT2D eigenvalue weighted by atomic mass is 9.88. The fourth-order valence-corrected chi connectivity index (χ4v) is 5.34. The number of nitrogens with one attached hydrogen (secondary N) is 2. The van der Waals surface area contributed by atoms with Crippen LogP contribution >= 0.6 is 11.6 Å². The Kier molecular flexibility index (Phi) is 4.32. The zero-order valence-corrected chi connectivity index (χ0v) is 16.6. The SMILES string of the molecule is CN1CCC(c2nc3ncc(Cl)c(NC4C5C=CC(C5)C4C(N)=O)c3[nH]2)CC1. The molecule has 0 radical (unpaired) electrons. The second-order valence-electron chi connectivity index (χ2n) is 8.43. The van der Waals surface area contributed by atoms with Gasteiger partial charge in [0.2, 0.25) is 5.91 Å². The Morgan fingerprint density at radius 3 is 2.82 bits per heavy atom. The highest BCUT2D eigenvalue weighted by Crippen LogP contribution is 2.46. The molecule has 2 fully saturated rings. The number of primary amides is 1. The van der Waals surface area contributed by atoms with Gasteiger partial charge in [0.1, 0.15) is 11.3 Å². The van der Waals surface area contributed by atoms with Gasteiger partial charge in [0.25, 0.3) is 0 Å². The van der Waals surface area contributed by atoms with Crippen molar-refractivity contribution in [3.05, 3.63) is 29.2 Å². The first-order valence-electron chi connectivity index (χ1n) is 9.98. The van der Waals surface area contributed by atoms with Gasteiger partial charge in [0.05, 0.1) is 22.8 Å². The van der Waals surface area contributed by atoms with E-state index in [-0.39, 0.29) is 29.7 Å². The molecule has 4 atom stereocenters. The third-order valence-corrected chi connectivity index (χ3v) is 6.98. The van der Waals surface area contributed by atoms with Crippen molar-refractivity contribution >= 4 is 34.4 Å². The monoisotopic (exact) mass is 400 g/mol. The molecule has 1 saturated heterocycles. The summed E-state index contributed by atoms with van der Waals surface area (Å²) in [7, 11) is 2.15. The van der Waals surface area contributed by atoms with E-state index in [0.29, 0.717) is 16.6 Å². The molecule has 8 heteroatoms. The first-order chi connectivity index (χ1) is 13.5. The smallest absolute Gasteiger partial charge is 0.223 e. The number of aromatic amines is 1. The van der Waals surface area contributed by atoms with Gasteiger partial charge in [0, 0.05) is 12.0 Å². The fraction of sp³-hybridized carbons (Fsp3) is 0.550. The molecule has 4 N–H and O–H groups in total. The second kappa shape index (κ2) is 6.74. The summed E-state index contributed by atoms with van der Waals surface area (Å²) in [6.45, 7) is 2.14. The van der Waals surface area contributed by atoms with Gasteiger partial charge in [0.15, 0.2) is 5.65 Å². The third-order valence-electron chi connectivity index (χ3n) is 6.70. The number of H-pyrrole nitrogens is 1. The van der Waals surface area contributed by atoms with E-state index in [4.69, 9.17) is 22.3 Å². The van der Waals surface area contributed by atoms with Crippen LogP contribution in [0.15, 0.2) is 18.3 Å². The minimum Gasteiger partial charge on any atom is -0.378 e. The normalized spacial score (nSPS) is 30.4. The van der Waals surface area contributed by atoms with E-state index in [1.807, 2.05) is 0 Å². The molecular formula is C20H25ClN6O. The number of imidazole rings is 1. The number of nitrogens with zero attached hydrogens (tertiary/aromatic N) is 3. The molecular weight excluding hydrogens is 376 g/mol. The maximum Gasteiger partial charge on any atom is 0.223 e. The number of pyridine rings is 1. The topological polar surface area (TPSA) is 99.9 Å². The number of hydrogen-bond acceptors (Lipinski definition) is 5. The minimum atomic E-state index is -0.257. The largest absolute Gasteiger partial charge is 0.378 e. The Morgan fingerprint density at radius 2 is 2.07 bits per heavy atom. The number of hydrogen-bond donors (Lipinski definition) is 3. The van der Waals surface area contributed by atoms with E-state index in [9.17, 15) is 4.79 Å². The Labute approximate surface area is 168 Å². The average molecular weight is 401 g/mol. The Hall–Kier alpha value is -2.12. The molecule has 1 saturated carbocycles. The lowest BCUT2D eigenvalue weighted by Crippen LogP contribution is -2.41. The van der Waals surface area contributed by atoms with Crippen molar-refractivity contribution in [3.63, 3.8) is 0 Å². The minimum absolute atomic E-state index is 0.0503. The number of halogens is 1. The van der Waals surface area contributed by atoms with Crippen LogP contribution in [0.25, 0.3) is 11.2 Å². The van der Waals surface area contributed by atoms with Gasteiger partial charge in [-0.25, -0.2) is 9.97 Å². The number of carbonyl (C=O) groups is 1.